The summed E-state index contributed by atoms with van der Waals surface area (Å²) >= 11 is 7.55. The lowest BCUT2D eigenvalue weighted by atomic mass is 10.0. The molecule has 4 rings (SSSR count). The summed E-state index contributed by atoms with van der Waals surface area (Å²) < 4.78 is 0. The summed E-state index contributed by atoms with van der Waals surface area (Å²) in [5, 5.41) is 7.11. The van der Waals surface area contributed by atoms with Gasteiger partial charge < -0.3 is 15.5 Å². The largest absolute Gasteiger partial charge is 0.351 e. The summed E-state index contributed by atoms with van der Waals surface area (Å²) in [7, 11) is 0. The number of hydrogen-bond donors (Lipinski definition) is 2. The van der Waals surface area contributed by atoms with Gasteiger partial charge in [0.15, 0.2) is 5.11 Å². The second-order valence-electron chi connectivity index (χ2n) is 7.35. The number of amides is 1. The van der Waals surface area contributed by atoms with Crippen molar-refractivity contribution in [3.8, 4) is 0 Å². The number of aryl methyl sites for hydroxylation is 2. The van der Waals surface area contributed by atoms with Crippen molar-refractivity contribution in [2.75, 3.05) is 10.2 Å². The van der Waals surface area contributed by atoms with E-state index in [4.69, 9.17) is 12.2 Å². The van der Waals surface area contributed by atoms with E-state index in [1.807, 2.05) is 50.4 Å². The van der Waals surface area contributed by atoms with Crippen LogP contribution in [0.1, 0.15) is 46.4 Å². The first-order valence-electron chi connectivity index (χ1n) is 9.95. The predicted molar refractivity (Wildman–Crippen MR) is 127 cm³/mol. The highest BCUT2D eigenvalue weighted by molar-refractivity contribution is 7.80. The Balaban J connectivity index is 1.74. The molecule has 1 aromatic carbocycles. The number of thiophene rings is 1. The van der Waals surface area contributed by atoms with Crippen LogP contribution in [-0.2, 0) is 4.79 Å². The number of pyridine rings is 1. The zero-order valence-corrected chi connectivity index (χ0v) is 18.8. The Labute approximate surface area is 186 Å². The molecule has 0 aliphatic carbocycles. The highest BCUT2D eigenvalue weighted by Gasteiger charge is 2.41. The fourth-order valence-electron chi connectivity index (χ4n) is 3.71. The first kappa shape index (κ1) is 20.5. The lowest BCUT2D eigenvalue weighted by Gasteiger charge is -2.27. The summed E-state index contributed by atoms with van der Waals surface area (Å²) in [5.74, 6) is 0.00589. The molecule has 7 heteroatoms. The van der Waals surface area contributed by atoms with E-state index in [0.29, 0.717) is 11.5 Å². The van der Waals surface area contributed by atoms with Gasteiger partial charge in [-0.1, -0.05) is 13.0 Å². The lowest BCUT2D eigenvalue weighted by molar-refractivity contribution is -0.115. The van der Waals surface area contributed by atoms with Gasteiger partial charge in [0, 0.05) is 33.7 Å². The van der Waals surface area contributed by atoms with E-state index in [1.54, 1.807) is 11.3 Å². The van der Waals surface area contributed by atoms with E-state index in [1.165, 1.54) is 9.75 Å². The topological polar surface area (TPSA) is 57.3 Å². The van der Waals surface area contributed by atoms with Crippen LogP contribution < -0.4 is 15.5 Å². The molecule has 3 aromatic rings. The summed E-state index contributed by atoms with van der Waals surface area (Å²) in [6.07, 6.45) is 2.27. The first-order chi connectivity index (χ1) is 14.5. The SMILES string of the molecule is CCC(=O)Nc1ccc(N2C(=S)N[C@@H](c3ccccn3)[C@@H]2c2ccc(C)s2)cc1C. The van der Waals surface area contributed by atoms with Crippen LogP contribution >= 0.6 is 23.6 Å². The average molecular weight is 437 g/mol. The monoisotopic (exact) mass is 436 g/mol. The second kappa shape index (κ2) is 8.53. The Morgan fingerprint density at radius 2 is 2.07 bits per heavy atom. The Morgan fingerprint density at radius 1 is 1.23 bits per heavy atom. The molecule has 2 aromatic heterocycles. The molecule has 0 radical (unpaired) electrons. The quantitative estimate of drug-likeness (QED) is 0.533. The molecule has 0 bridgehead atoms. The number of rotatable bonds is 5. The van der Waals surface area contributed by atoms with Crippen molar-refractivity contribution in [2.24, 2.45) is 0 Å². The van der Waals surface area contributed by atoms with Crippen LogP contribution in [0, 0.1) is 13.8 Å². The number of carbonyl (C=O) groups is 1. The van der Waals surface area contributed by atoms with E-state index in [0.717, 1.165) is 22.6 Å². The highest BCUT2D eigenvalue weighted by atomic mass is 32.1. The number of anilines is 2. The van der Waals surface area contributed by atoms with Crippen LogP contribution in [0.15, 0.2) is 54.7 Å². The van der Waals surface area contributed by atoms with Gasteiger partial charge in [0.05, 0.1) is 17.8 Å². The molecular formula is C23H24N4OS2. The van der Waals surface area contributed by atoms with Crippen LogP contribution in [0.2, 0.25) is 0 Å². The fourth-order valence-corrected chi connectivity index (χ4v) is 5.06. The molecule has 0 unspecified atom stereocenters. The third-order valence-corrected chi connectivity index (χ3v) is 6.62. The van der Waals surface area contributed by atoms with Gasteiger partial charge in [0.25, 0.3) is 0 Å². The van der Waals surface area contributed by atoms with Crippen molar-refractivity contribution in [3.63, 3.8) is 0 Å². The van der Waals surface area contributed by atoms with Gasteiger partial charge in [-0.05, 0) is 74.1 Å². The van der Waals surface area contributed by atoms with Gasteiger partial charge in [-0.25, -0.2) is 0 Å². The van der Waals surface area contributed by atoms with Crippen molar-refractivity contribution in [2.45, 2.75) is 39.3 Å². The number of hydrogen-bond acceptors (Lipinski definition) is 4. The third kappa shape index (κ3) is 3.95. The van der Waals surface area contributed by atoms with Gasteiger partial charge in [-0.3, -0.25) is 9.78 Å². The molecule has 2 atom stereocenters. The summed E-state index contributed by atoms with van der Waals surface area (Å²) in [6.45, 7) is 5.96. The Hall–Kier alpha value is -2.77. The maximum absolute atomic E-state index is 11.8. The summed E-state index contributed by atoms with van der Waals surface area (Å²) in [6, 6.07) is 16.3. The molecule has 3 heterocycles. The van der Waals surface area contributed by atoms with E-state index >= 15 is 0 Å². The third-order valence-electron chi connectivity index (χ3n) is 5.23. The van der Waals surface area contributed by atoms with Gasteiger partial charge in [-0.2, -0.15) is 0 Å². The van der Waals surface area contributed by atoms with Crippen LogP contribution in [0.4, 0.5) is 11.4 Å². The normalized spacial score (nSPS) is 18.4. The standard InChI is InChI=1S/C23H24N4OS2/c1-4-20(28)25-17-10-9-16(13-14(17)2)27-22(19-11-8-15(3)30-19)21(26-23(27)29)18-7-5-6-12-24-18/h5-13,21-22H,4H2,1-3H3,(H,25,28)(H,26,29)/t21-,22-/m0/s1. The summed E-state index contributed by atoms with van der Waals surface area (Å²) in [5.41, 5.74) is 3.78. The van der Waals surface area contributed by atoms with Crippen molar-refractivity contribution in [1.82, 2.24) is 10.3 Å². The number of thiocarbonyl (C=S) groups is 1. The predicted octanol–water partition coefficient (Wildman–Crippen LogP) is 5.29. The molecule has 0 saturated carbocycles. The van der Waals surface area contributed by atoms with E-state index in [2.05, 4.69) is 45.6 Å². The Morgan fingerprint density at radius 3 is 2.70 bits per heavy atom. The maximum atomic E-state index is 11.8. The van der Waals surface area contributed by atoms with E-state index in [-0.39, 0.29) is 18.0 Å². The zero-order chi connectivity index (χ0) is 21.3. The molecule has 154 valence electrons. The first-order valence-corrected chi connectivity index (χ1v) is 11.2. The number of nitrogens with zero attached hydrogens (tertiary/aromatic N) is 2. The number of aromatic nitrogens is 1. The van der Waals surface area contributed by atoms with Crippen LogP contribution in [0.5, 0.6) is 0 Å². The van der Waals surface area contributed by atoms with Gasteiger partial charge in [-0.15, -0.1) is 11.3 Å². The molecule has 1 aliphatic heterocycles. The van der Waals surface area contributed by atoms with E-state index < -0.39 is 0 Å². The van der Waals surface area contributed by atoms with E-state index in [9.17, 15) is 4.79 Å². The molecular weight excluding hydrogens is 412 g/mol. The minimum atomic E-state index is -0.0449. The van der Waals surface area contributed by atoms with Crippen molar-refractivity contribution < 1.29 is 4.79 Å². The number of nitrogens with one attached hydrogen (secondary N) is 2. The van der Waals surface area contributed by atoms with Crippen molar-refractivity contribution >= 4 is 45.9 Å². The van der Waals surface area contributed by atoms with Gasteiger partial charge in [0.2, 0.25) is 5.91 Å². The minimum absolute atomic E-state index is 0.00147. The Bertz CT molecular complexity index is 1080. The molecule has 1 saturated heterocycles. The molecule has 2 N–H and O–H groups in total. The van der Waals surface area contributed by atoms with Crippen molar-refractivity contribution in [1.29, 1.82) is 0 Å². The number of carbonyl (C=O) groups excluding carboxylic acids is 1. The molecule has 1 amide bonds. The second-order valence-corrected chi connectivity index (χ2v) is 9.05. The van der Waals surface area contributed by atoms with Crippen LogP contribution in [0.25, 0.3) is 0 Å². The Kier molecular flexibility index (Phi) is 5.83. The van der Waals surface area contributed by atoms with Crippen LogP contribution in [-0.4, -0.2) is 16.0 Å². The highest BCUT2D eigenvalue weighted by Crippen LogP contribution is 2.44. The zero-order valence-electron chi connectivity index (χ0n) is 17.2. The lowest BCUT2D eigenvalue weighted by Crippen LogP contribution is -2.29. The maximum Gasteiger partial charge on any atom is 0.224 e. The average Bonchev–Trinajstić information content (AvgIpc) is 3.32. The smallest absolute Gasteiger partial charge is 0.224 e. The number of benzene rings is 1. The molecule has 5 nitrogen and oxygen atoms in total. The van der Waals surface area contributed by atoms with Crippen molar-refractivity contribution in [3.05, 3.63) is 75.7 Å². The minimum Gasteiger partial charge on any atom is -0.351 e. The van der Waals surface area contributed by atoms with Gasteiger partial charge in [0.1, 0.15) is 0 Å². The van der Waals surface area contributed by atoms with Gasteiger partial charge >= 0.3 is 0 Å². The van der Waals surface area contributed by atoms with Crippen LogP contribution in [0.3, 0.4) is 0 Å². The molecule has 30 heavy (non-hydrogen) atoms. The molecule has 0 spiro atoms. The molecule has 1 fully saturated rings. The molecule has 1 aliphatic rings. The fraction of sp³-hybridized carbons (Fsp3) is 0.261. The summed E-state index contributed by atoms with van der Waals surface area (Å²) in [4.78, 5) is 21.1.